The number of rotatable bonds is 6. The number of nitriles is 1. The molecule has 4 rings (SSSR count). The van der Waals surface area contributed by atoms with Crippen LogP contribution in [0.15, 0.2) is 6.20 Å². The van der Waals surface area contributed by atoms with Crippen molar-refractivity contribution >= 4 is 17.6 Å². The number of primary amides is 1. The number of halogens is 2. The molecule has 0 unspecified atom stereocenters. The van der Waals surface area contributed by atoms with E-state index in [-0.39, 0.29) is 48.8 Å². The summed E-state index contributed by atoms with van der Waals surface area (Å²) in [6.07, 6.45) is 5.76. The molecule has 8 nitrogen and oxygen atoms in total. The molecule has 2 amide bonds. The van der Waals surface area contributed by atoms with Crippen molar-refractivity contribution in [1.29, 1.82) is 5.26 Å². The van der Waals surface area contributed by atoms with Crippen LogP contribution in [0, 0.1) is 17.2 Å². The molecular formula is C19H24F2N6O2. The molecule has 1 aromatic rings. The number of likely N-dealkylation sites (tertiary alicyclic amines) is 1. The summed E-state index contributed by atoms with van der Waals surface area (Å²) < 4.78 is 28.0. The second kappa shape index (κ2) is 7.06. The standard InChI is InChI=1S/C19H24F2N6O2/c20-19(21)10-26(11-19)13-3-5-18(6-4-13,7-8-22)27-9-14(15(23)28)16(25-27)24-17(29)12-1-2-12/h9,12-13H,1-7,10-11H2,(H2,23,28)(H,24,25,29)/t13-,18+. The van der Waals surface area contributed by atoms with Gasteiger partial charge < -0.3 is 11.1 Å². The van der Waals surface area contributed by atoms with Gasteiger partial charge in [0.25, 0.3) is 11.8 Å². The number of carbonyl (C=O) groups excluding carboxylic acids is 2. The molecule has 0 spiro atoms. The number of hydrogen-bond donors (Lipinski definition) is 2. The Balaban J connectivity index is 1.53. The number of nitrogens with one attached hydrogen (secondary N) is 1. The highest BCUT2D eigenvalue weighted by Gasteiger charge is 2.49. The van der Waals surface area contributed by atoms with Crippen LogP contribution >= 0.6 is 0 Å². The van der Waals surface area contributed by atoms with Gasteiger partial charge in [0.2, 0.25) is 5.91 Å². The minimum absolute atomic E-state index is 0.0564. The van der Waals surface area contributed by atoms with Crippen molar-refractivity contribution in [2.24, 2.45) is 11.7 Å². The van der Waals surface area contributed by atoms with E-state index < -0.39 is 17.4 Å². The number of hydrogen-bond acceptors (Lipinski definition) is 5. The molecule has 0 aromatic carbocycles. The zero-order valence-corrected chi connectivity index (χ0v) is 16.0. The van der Waals surface area contributed by atoms with Crippen molar-refractivity contribution < 1.29 is 18.4 Å². The number of alkyl halides is 2. The van der Waals surface area contributed by atoms with Gasteiger partial charge in [-0.2, -0.15) is 10.4 Å². The van der Waals surface area contributed by atoms with Crippen LogP contribution in [0.3, 0.4) is 0 Å². The van der Waals surface area contributed by atoms with Crippen molar-refractivity contribution in [3.05, 3.63) is 11.8 Å². The fourth-order valence-corrected chi connectivity index (χ4v) is 4.40. The molecule has 3 fully saturated rings. The Labute approximate surface area is 167 Å². The van der Waals surface area contributed by atoms with Gasteiger partial charge in [0.1, 0.15) is 5.56 Å². The number of nitrogens with two attached hydrogens (primary N) is 1. The van der Waals surface area contributed by atoms with Crippen LogP contribution in [0.1, 0.15) is 55.3 Å². The molecule has 0 atom stereocenters. The van der Waals surface area contributed by atoms with Crippen molar-refractivity contribution in [3.8, 4) is 6.07 Å². The summed E-state index contributed by atoms with van der Waals surface area (Å²) in [6.45, 7) is -0.429. The van der Waals surface area contributed by atoms with Crippen LogP contribution in [-0.4, -0.2) is 51.5 Å². The predicted molar refractivity (Wildman–Crippen MR) is 99.1 cm³/mol. The maximum absolute atomic E-state index is 13.2. The SMILES string of the molecule is N#CC[C@]1(n2cc(C(N)=O)c(NC(=O)C3CC3)n2)CC[C@@H](N2CC(F)(F)C2)CC1. The molecule has 2 saturated carbocycles. The second-order valence-corrected chi connectivity index (χ2v) is 8.52. The number of nitrogens with zero attached hydrogens (tertiary/aromatic N) is 4. The van der Waals surface area contributed by atoms with Gasteiger partial charge in [-0.15, -0.1) is 0 Å². The van der Waals surface area contributed by atoms with Gasteiger partial charge in [0.05, 0.1) is 31.1 Å². The first-order valence-corrected chi connectivity index (χ1v) is 9.93. The quantitative estimate of drug-likeness (QED) is 0.747. The Bertz CT molecular complexity index is 857. The third-order valence-electron chi connectivity index (χ3n) is 6.33. The summed E-state index contributed by atoms with van der Waals surface area (Å²) in [5, 5.41) is 16.5. The first kappa shape index (κ1) is 19.8. The molecule has 1 saturated heterocycles. The Morgan fingerprint density at radius 1 is 1.28 bits per heavy atom. The monoisotopic (exact) mass is 406 g/mol. The molecule has 1 aromatic heterocycles. The largest absolute Gasteiger partial charge is 0.365 e. The van der Waals surface area contributed by atoms with Crippen LogP contribution in [0.5, 0.6) is 0 Å². The van der Waals surface area contributed by atoms with Crippen LogP contribution in [0.25, 0.3) is 0 Å². The van der Waals surface area contributed by atoms with E-state index in [1.54, 1.807) is 9.58 Å². The lowest BCUT2D eigenvalue weighted by molar-refractivity contribution is -0.152. The molecule has 0 bridgehead atoms. The van der Waals surface area contributed by atoms with E-state index in [1.165, 1.54) is 6.20 Å². The molecule has 3 N–H and O–H groups in total. The maximum Gasteiger partial charge on any atom is 0.272 e. The average Bonchev–Trinajstić information content (AvgIpc) is 3.41. The summed E-state index contributed by atoms with van der Waals surface area (Å²) in [5.74, 6) is -3.43. The molecule has 156 valence electrons. The van der Waals surface area contributed by atoms with Crippen LogP contribution in [-0.2, 0) is 10.3 Å². The van der Waals surface area contributed by atoms with E-state index in [9.17, 15) is 23.6 Å². The second-order valence-electron chi connectivity index (χ2n) is 8.52. The van der Waals surface area contributed by atoms with E-state index in [2.05, 4.69) is 16.5 Å². The zero-order chi connectivity index (χ0) is 20.8. The summed E-state index contributed by atoms with van der Waals surface area (Å²) in [5.41, 5.74) is 4.93. The molecule has 29 heavy (non-hydrogen) atoms. The Hall–Kier alpha value is -2.54. The highest BCUT2D eigenvalue weighted by Crippen LogP contribution is 2.42. The number of carbonyl (C=O) groups is 2. The van der Waals surface area contributed by atoms with Crippen LogP contribution in [0.4, 0.5) is 14.6 Å². The van der Waals surface area contributed by atoms with E-state index in [0.29, 0.717) is 25.7 Å². The predicted octanol–water partition coefficient (Wildman–Crippen LogP) is 1.83. The molecular weight excluding hydrogens is 382 g/mol. The summed E-state index contributed by atoms with van der Waals surface area (Å²) in [6, 6.07) is 2.25. The van der Waals surface area contributed by atoms with Gasteiger partial charge in [0.15, 0.2) is 5.82 Å². The summed E-state index contributed by atoms with van der Waals surface area (Å²) in [4.78, 5) is 25.8. The molecule has 2 aliphatic carbocycles. The van der Waals surface area contributed by atoms with Gasteiger partial charge in [-0.05, 0) is 38.5 Å². The minimum Gasteiger partial charge on any atom is -0.365 e. The van der Waals surface area contributed by atoms with Crippen molar-refractivity contribution in [2.45, 2.75) is 62.4 Å². The summed E-state index contributed by atoms with van der Waals surface area (Å²) >= 11 is 0. The van der Waals surface area contributed by atoms with Crippen LogP contribution in [0.2, 0.25) is 0 Å². The van der Waals surface area contributed by atoms with Gasteiger partial charge in [0, 0.05) is 18.2 Å². The lowest BCUT2D eigenvalue weighted by atomic mass is 9.76. The zero-order valence-electron chi connectivity index (χ0n) is 16.0. The lowest BCUT2D eigenvalue weighted by Crippen LogP contribution is -2.61. The molecule has 3 aliphatic rings. The molecule has 1 aliphatic heterocycles. The van der Waals surface area contributed by atoms with Gasteiger partial charge in [-0.1, -0.05) is 0 Å². The fourth-order valence-electron chi connectivity index (χ4n) is 4.40. The maximum atomic E-state index is 13.2. The normalized spacial score (nSPS) is 28.9. The number of anilines is 1. The first-order valence-electron chi connectivity index (χ1n) is 9.93. The summed E-state index contributed by atoms with van der Waals surface area (Å²) in [7, 11) is 0. The fraction of sp³-hybridized carbons (Fsp3) is 0.684. The van der Waals surface area contributed by atoms with Crippen LogP contribution < -0.4 is 11.1 Å². The van der Waals surface area contributed by atoms with E-state index in [1.807, 2.05) is 0 Å². The molecule has 10 heteroatoms. The van der Waals surface area contributed by atoms with E-state index in [0.717, 1.165) is 12.8 Å². The topological polar surface area (TPSA) is 117 Å². The van der Waals surface area contributed by atoms with E-state index >= 15 is 0 Å². The highest BCUT2D eigenvalue weighted by molar-refractivity contribution is 6.02. The van der Waals surface area contributed by atoms with Gasteiger partial charge >= 0.3 is 0 Å². The Morgan fingerprint density at radius 3 is 2.45 bits per heavy atom. The Kier molecular flexibility index (Phi) is 4.81. The average molecular weight is 406 g/mol. The molecule has 0 radical (unpaired) electrons. The Morgan fingerprint density at radius 2 is 1.93 bits per heavy atom. The van der Waals surface area contributed by atoms with Gasteiger partial charge in [-0.25, -0.2) is 8.78 Å². The first-order chi connectivity index (χ1) is 13.7. The number of aromatic nitrogens is 2. The number of amides is 2. The minimum atomic E-state index is -2.60. The van der Waals surface area contributed by atoms with Crippen molar-refractivity contribution in [2.75, 3.05) is 18.4 Å². The highest BCUT2D eigenvalue weighted by atomic mass is 19.3. The smallest absolute Gasteiger partial charge is 0.272 e. The van der Waals surface area contributed by atoms with Crippen molar-refractivity contribution in [1.82, 2.24) is 14.7 Å². The third-order valence-corrected chi connectivity index (χ3v) is 6.33. The van der Waals surface area contributed by atoms with Crippen molar-refractivity contribution in [3.63, 3.8) is 0 Å². The lowest BCUT2D eigenvalue weighted by Gasteiger charge is -2.48. The van der Waals surface area contributed by atoms with E-state index in [4.69, 9.17) is 5.73 Å². The molecule has 2 heterocycles. The van der Waals surface area contributed by atoms with Gasteiger partial charge in [-0.3, -0.25) is 19.2 Å². The third kappa shape index (κ3) is 3.83.